The molecule has 1 fully saturated rings. The maximum atomic E-state index is 12.9. The van der Waals surface area contributed by atoms with E-state index in [9.17, 15) is 24.5 Å². The second-order valence-corrected chi connectivity index (χ2v) is 7.99. The average Bonchev–Trinajstić information content (AvgIpc) is 2.95. The maximum absolute atomic E-state index is 12.9. The Morgan fingerprint density at radius 3 is 2.17 bits per heavy atom. The van der Waals surface area contributed by atoms with Crippen molar-refractivity contribution < 1.29 is 19.3 Å². The van der Waals surface area contributed by atoms with Gasteiger partial charge in [-0.3, -0.25) is 29.4 Å². The van der Waals surface area contributed by atoms with Crippen LogP contribution in [0.25, 0.3) is 0 Å². The molecule has 3 atom stereocenters. The normalized spacial score (nSPS) is 22.0. The van der Waals surface area contributed by atoms with E-state index in [-0.39, 0.29) is 47.7 Å². The molecule has 29 heavy (non-hydrogen) atoms. The number of amides is 3. The molecule has 1 aliphatic carbocycles. The summed E-state index contributed by atoms with van der Waals surface area (Å²) in [5.74, 6) is -1.54. The Morgan fingerprint density at radius 2 is 1.69 bits per heavy atom. The van der Waals surface area contributed by atoms with E-state index in [4.69, 9.17) is 0 Å². The Kier molecular flexibility index (Phi) is 6.10. The molecule has 3 unspecified atom stereocenters. The largest absolute Gasteiger partial charge is 0.350 e. The fourth-order valence-electron chi connectivity index (χ4n) is 3.95. The molecule has 0 bridgehead atoms. The summed E-state index contributed by atoms with van der Waals surface area (Å²) >= 11 is 0. The van der Waals surface area contributed by atoms with E-state index in [0.717, 1.165) is 0 Å². The van der Waals surface area contributed by atoms with Crippen molar-refractivity contribution in [2.24, 2.45) is 17.8 Å². The number of allylic oxidation sites excluding steroid dienone is 2. The second kappa shape index (κ2) is 8.55. The van der Waals surface area contributed by atoms with Gasteiger partial charge in [-0.25, -0.2) is 0 Å². The Hall–Kier alpha value is -3.03. The van der Waals surface area contributed by atoms with Gasteiger partial charge in [0, 0.05) is 18.7 Å². The highest BCUT2D eigenvalue weighted by molar-refractivity contribution is 6.08. The van der Waals surface area contributed by atoms with Crippen molar-refractivity contribution in [2.75, 3.05) is 0 Å². The van der Waals surface area contributed by atoms with Crippen LogP contribution >= 0.6 is 0 Å². The van der Waals surface area contributed by atoms with Crippen molar-refractivity contribution in [1.82, 2.24) is 10.2 Å². The summed E-state index contributed by atoms with van der Waals surface area (Å²) < 4.78 is 0. The number of nitro groups is 1. The van der Waals surface area contributed by atoms with Crippen LogP contribution in [0, 0.1) is 27.9 Å². The average molecular weight is 399 g/mol. The third kappa shape index (κ3) is 4.36. The first kappa shape index (κ1) is 20.7. The van der Waals surface area contributed by atoms with Crippen LogP contribution in [0.2, 0.25) is 0 Å². The lowest BCUT2D eigenvalue weighted by atomic mass is 9.85. The number of nitro benzene ring substituents is 1. The molecule has 1 aliphatic heterocycles. The summed E-state index contributed by atoms with van der Waals surface area (Å²) in [5, 5.41) is 13.5. The van der Waals surface area contributed by atoms with Crippen LogP contribution in [0.15, 0.2) is 36.4 Å². The van der Waals surface area contributed by atoms with Gasteiger partial charge in [-0.05, 0) is 30.7 Å². The molecular formula is C21H25N3O5. The number of benzene rings is 1. The van der Waals surface area contributed by atoms with E-state index in [0.29, 0.717) is 24.8 Å². The van der Waals surface area contributed by atoms with Gasteiger partial charge in [0.2, 0.25) is 17.7 Å². The van der Waals surface area contributed by atoms with Crippen LogP contribution in [0.5, 0.6) is 0 Å². The van der Waals surface area contributed by atoms with Crippen molar-refractivity contribution in [3.8, 4) is 0 Å². The molecule has 1 N–H and O–H groups in total. The quantitative estimate of drug-likeness (QED) is 0.328. The first-order valence-corrected chi connectivity index (χ1v) is 9.82. The predicted molar refractivity (Wildman–Crippen MR) is 105 cm³/mol. The predicted octanol–water partition coefficient (Wildman–Crippen LogP) is 2.58. The van der Waals surface area contributed by atoms with Crippen LogP contribution in [0.4, 0.5) is 5.69 Å². The fourth-order valence-corrected chi connectivity index (χ4v) is 3.95. The van der Waals surface area contributed by atoms with Crippen molar-refractivity contribution in [3.05, 3.63) is 52.1 Å². The zero-order valence-electron chi connectivity index (χ0n) is 16.5. The highest BCUT2D eigenvalue weighted by atomic mass is 16.6. The van der Waals surface area contributed by atoms with Gasteiger partial charge < -0.3 is 5.32 Å². The van der Waals surface area contributed by atoms with Gasteiger partial charge in [0.25, 0.3) is 5.69 Å². The lowest BCUT2D eigenvalue weighted by Gasteiger charge is -2.27. The molecule has 1 saturated heterocycles. The number of imide groups is 1. The first-order chi connectivity index (χ1) is 13.8. The van der Waals surface area contributed by atoms with Gasteiger partial charge in [0.1, 0.15) is 6.04 Å². The minimum atomic E-state index is -0.848. The number of hydrogen-bond donors (Lipinski definition) is 1. The van der Waals surface area contributed by atoms with Crippen LogP contribution < -0.4 is 5.32 Å². The fraction of sp³-hybridized carbons (Fsp3) is 0.476. The highest BCUT2D eigenvalue weighted by Gasteiger charge is 2.51. The summed E-state index contributed by atoms with van der Waals surface area (Å²) in [5.41, 5.74) is 0.673. The molecule has 0 aromatic heterocycles. The number of carbonyl (C=O) groups excluding carboxylic acids is 3. The van der Waals surface area contributed by atoms with Gasteiger partial charge in [-0.15, -0.1) is 0 Å². The van der Waals surface area contributed by atoms with Crippen LogP contribution in [0.3, 0.4) is 0 Å². The van der Waals surface area contributed by atoms with E-state index in [1.54, 1.807) is 12.1 Å². The Morgan fingerprint density at radius 1 is 1.14 bits per heavy atom. The standard InChI is InChI=1S/C21H25N3O5/c1-13(2)11-18(23-20(26)16-5-3-4-6-17(16)21(23)27)19(25)22-12-14-7-9-15(10-8-14)24(28)29/h3-4,7-10,13,16-18H,5-6,11-12H2,1-2H3,(H,22,25). The number of nitrogens with zero attached hydrogens (tertiary/aromatic N) is 2. The zero-order valence-corrected chi connectivity index (χ0v) is 16.5. The Balaban J connectivity index is 1.72. The molecule has 1 heterocycles. The Bertz CT molecular complexity index is 820. The van der Waals surface area contributed by atoms with E-state index in [1.807, 2.05) is 26.0 Å². The Labute approximate surface area is 169 Å². The van der Waals surface area contributed by atoms with E-state index < -0.39 is 11.0 Å². The topological polar surface area (TPSA) is 110 Å². The maximum Gasteiger partial charge on any atom is 0.269 e. The number of hydrogen-bond acceptors (Lipinski definition) is 5. The van der Waals surface area contributed by atoms with Crippen LogP contribution in [-0.4, -0.2) is 33.6 Å². The third-order valence-corrected chi connectivity index (χ3v) is 5.46. The molecular weight excluding hydrogens is 374 g/mol. The van der Waals surface area contributed by atoms with Crippen molar-refractivity contribution >= 4 is 23.4 Å². The monoisotopic (exact) mass is 399 g/mol. The van der Waals surface area contributed by atoms with Crippen molar-refractivity contribution in [1.29, 1.82) is 0 Å². The molecule has 1 aromatic rings. The molecule has 0 radical (unpaired) electrons. The minimum absolute atomic E-state index is 0.0257. The lowest BCUT2D eigenvalue weighted by Crippen LogP contribution is -2.50. The summed E-state index contributed by atoms with van der Waals surface area (Å²) in [6.45, 7) is 4.04. The summed E-state index contributed by atoms with van der Waals surface area (Å²) in [6.07, 6.45) is 5.29. The third-order valence-electron chi connectivity index (χ3n) is 5.46. The summed E-state index contributed by atoms with van der Waals surface area (Å²) in [7, 11) is 0. The summed E-state index contributed by atoms with van der Waals surface area (Å²) in [4.78, 5) is 50.1. The smallest absolute Gasteiger partial charge is 0.269 e. The van der Waals surface area contributed by atoms with Crippen LogP contribution in [0.1, 0.15) is 38.7 Å². The first-order valence-electron chi connectivity index (χ1n) is 9.82. The number of fused-ring (bicyclic) bond motifs is 1. The van der Waals surface area contributed by atoms with Crippen molar-refractivity contribution in [2.45, 2.75) is 45.7 Å². The van der Waals surface area contributed by atoms with E-state index in [2.05, 4.69) is 5.32 Å². The highest BCUT2D eigenvalue weighted by Crippen LogP contribution is 2.37. The minimum Gasteiger partial charge on any atom is -0.350 e. The van der Waals surface area contributed by atoms with E-state index >= 15 is 0 Å². The molecule has 1 aromatic carbocycles. The molecule has 3 rings (SSSR count). The number of non-ortho nitro benzene ring substituents is 1. The lowest BCUT2D eigenvalue weighted by molar-refractivity contribution is -0.384. The van der Waals surface area contributed by atoms with Gasteiger partial charge in [-0.2, -0.15) is 0 Å². The van der Waals surface area contributed by atoms with Crippen molar-refractivity contribution in [3.63, 3.8) is 0 Å². The number of rotatable bonds is 7. The molecule has 0 spiro atoms. The summed E-state index contributed by atoms with van der Waals surface area (Å²) in [6, 6.07) is 5.04. The number of carbonyl (C=O) groups is 3. The number of likely N-dealkylation sites (tertiary alicyclic amines) is 1. The molecule has 8 heteroatoms. The van der Waals surface area contributed by atoms with E-state index in [1.165, 1.54) is 17.0 Å². The van der Waals surface area contributed by atoms with Gasteiger partial charge in [0.05, 0.1) is 16.8 Å². The molecule has 8 nitrogen and oxygen atoms in total. The van der Waals surface area contributed by atoms with Gasteiger partial charge in [-0.1, -0.05) is 38.1 Å². The van der Waals surface area contributed by atoms with Gasteiger partial charge >= 0.3 is 0 Å². The SMILES string of the molecule is CC(C)CC(C(=O)NCc1ccc([N+](=O)[O-])cc1)N1C(=O)C2CC=CCC2C1=O. The van der Waals surface area contributed by atoms with Crippen LogP contribution in [-0.2, 0) is 20.9 Å². The molecule has 3 amide bonds. The molecule has 0 saturated carbocycles. The molecule has 154 valence electrons. The zero-order chi connectivity index (χ0) is 21.1. The molecule has 2 aliphatic rings. The number of nitrogens with one attached hydrogen (secondary N) is 1. The second-order valence-electron chi connectivity index (χ2n) is 7.99. The van der Waals surface area contributed by atoms with Gasteiger partial charge in [0.15, 0.2) is 0 Å².